The highest BCUT2D eigenvalue weighted by atomic mass is 35.5. The molecule has 1 aromatic rings. The van der Waals surface area contributed by atoms with E-state index >= 15 is 0 Å². The van der Waals surface area contributed by atoms with Crippen LogP contribution >= 0.6 is 11.6 Å². The van der Waals surface area contributed by atoms with Gasteiger partial charge in [0, 0.05) is 19.5 Å². The second-order valence-corrected chi connectivity index (χ2v) is 8.59. The summed E-state index contributed by atoms with van der Waals surface area (Å²) in [5, 5.41) is 7.85. The Morgan fingerprint density at radius 1 is 1.32 bits per heavy atom. The Morgan fingerprint density at radius 2 is 1.96 bits per heavy atom. The van der Waals surface area contributed by atoms with Crippen molar-refractivity contribution < 1.29 is 31.1 Å². The molecule has 1 saturated heterocycles. The van der Waals surface area contributed by atoms with Crippen LogP contribution in [-0.4, -0.2) is 38.4 Å². The maximum absolute atomic E-state index is 13.0. The summed E-state index contributed by atoms with van der Waals surface area (Å²) in [6.45, 7) is 0.102. The van der Waals surface area contributed by atoms with E-state index in [9.17, 15) is 26.4 Å². The molecular weight excluding hydrogens is 421 g/mol. The number of nitriles is 1. The lowest BCUT2D eigenvalue weighted by Crippen LogP contribution is -2.40. The Labute approximate surface area is 165 Å². The number of piperidine rings is 1. The smallest absolute Gasteiger partial charge is 0.417 e. The molecule has 154 valence electrons. The van der Waals surface area contributed by atoms with Crippen LogP contribution in [0, 0.1) is 17.2 Å². The Balaban J connectivity index is 2.04. The number of carbonyl (C=O) groups excluding carboxylic acids is 1. The number of nitrogens with zero attached hydrogens (tertiary/aromatic N) is 2. The van der Waals surface area contributed by atoms with Gasteiger partial charge in [0.25, 0.3) is 0 Å². The van der Waals surface area contributed by atoms with Crippen molar-refractivity contribution in [1.29, 1.82) is 5.26 Å². The van der Waals surface area contributed by atoms with Gasteiger partial charge >= 0.3 is 12.1 Å². The fraction of sp³-hybridized carbons (Fsp3) is 0.529. The first-order valence-corrected chi connectivity index (χ1v) is 10.3. The molecule has 6 nitrogen and oxygen atoms in total. The van der Waals surface area contributed by atoms with E-state index in [-0.39, 0.29) is 39.0 Å². The van der Waals surface area contributed by atoms with Crippen LogP contribution in [0.4, 0.5) is 13.2 Å². The van der Waals surface area contributed by atoms with Crippen LogP contribution in [0.15, 0.2) is 23.1 Å². The number of benzene rings is 1. The van der Waals surface area contributed by atoms with E-state index in [0.29, 0.717) is 12.5 Å². The number of carbonyl (C=O) groups is 1. The van der Waals surface area contributed by atoms with Gasteiger partial charge in [0.15, 0.2) is 0 Å². The lowest BCUT2D eigenvalue weighted by Gasteiger charge is -2.30. The van der Waals surface area contributed by atoms with E-state index in [1.165, 1.54) is 0 Å². The monoisotopic (exact) mass is 438 g/mol. The zero-order valence-electron chi connectivity index (χ0n) is 14.7. The molecule has 1 aliphatic rings. The Kier molecular flexibility index (Phi) is 7.31. The first-order chi connectivity index (χ1) is 13.1. The number of halogens is 4. The topological polar surface area (TPSA) is 87.5 Å². The van der Waals surface area contributed by atoms with E-state index in [1.54, 1.807) is 0 Å². The quantitative estimate of drug-likeness (QED) is 0.500. The summed E-state index contributed by atoms with van der Waals surface area (Å²) >= 11 is 5.53. The number of ether oxygens (including phenoxy) is 1. The number of rotatable bonds is 6. The molecule has 0 atom stereocenters. The average Bonchev–Trinajstić information content (AvgIpc) is 2.64. The molecule has 28 heavy (non-hydrogen) atoms. The minimum atomic E-state index is -4.77. The summed E-state index contributed by atoms with van der Waals surface area (Å²) in [4.78, 5) is 11.5. The number of sulfonamides is 1. The normalized spacial score (nSPS) is 16.5. The second-order valence-electron chi connectivity index (χ2n) is 6.25. The number of unbranched alkanes of at least 4 members (excludes halogenated alkanes) is 1. The average molecular weight is 439 g/mol. The third kappa shape index (κ3) is 5.37. The summed E-state index contributed by atoms with van der Waals surface area (Å²) in [7, 11) is -4.15. The molecule has 0 N–H and O–H groups in total. The lowest BCUT2D eigenvalue weighted by molar-refractivity contribution is -0.150. The fourth-order valence-electron chi connectivity index (χ4n) is 2.80. The first kappa shape index (κ1) is 22.5. The van der Waals surface area contributed by atoms with Gasteiger partial charge in [0.1, 0.15) is 0 Å². The van der Waals surface area contributed by atoms with Crippen LogP contribution in [0.5, 0.6) is 0 Å². The van der Waals surface area contributed by atoms with Gasteiger partial charge in [-0.05, 0) is 37.5 Å². The van der Waals surface area contributed by atoms with Crippen LogP contribution in [0.3, 0.4) is 0 Å². The van der Waals surface area contributed by atoms with Crippen molar-refractivity contribution in [1.82, 2.24) is 4.31 Å². The van der Waals surface area contributed by atoms with Crippen molar-refractivity contribution in [2.45, 2.75) is 36.8 Å². The summed E-state index contributed by atoms with van der Waals surface area (Å²) in [5.74, 6) is -0.940. The van der Waals surface area contributed by atoms with Crippen molar-refractivity contribution in [3.05, 3.63) is 28.8 Å². The van der Waals surface area contributed by atoms with Gasteiger partial charge in [-0.2, -0.15) is 22.7 Å². The molecule has 0 aromatic heterocycles. The maximum atomic E-state index is 13.0. The van der Waals surface area contributed by atoms with Crippen molar-refractivity contribution in [3.63, 3.8) is 0 Å². The molecule has 0 radical (unpaired) electrons. The molecule has 0 unspecified atom stereocenters. The predicted octanol–water partition coefficient (Wildman–Crippen LogP) is 3.61. The summed E-state index contributed by atoms with van der Waals surface area (Å²) in [5.41, 5.74) is -1.22. The highest BCUT2D eigenvalue weighted by molar-refractivity contribution is 7.89. The van der Waals surface area contributed by atoms with Crippen LogP contribution in [-0.2, 0) is 25.7 Å². The number of esters is 1. The second kappa shape index (κ2) is 9.11. The molecule has 1 aliphatic heterocycles. The number of hydrogen-bond donors (Lipinski definition) is 0. The van der Waals surface area contributed by atoms with E-state index in [4.69, 9.17) is 21.6 Å². The predicted molar refractivity (Wildman–Crippen MR) is 93.7 cm³/mol. The van der Waals surface area contributed by atoms with Gasteiger partial charge in [0.2, 0.25) is 10.0 Å². The van der Waals surface area contributed by atoms with E-state index in [1.807, 2.05) is 6.07 Å². The Bertz CT molecular complexity index is 860. The van der Waals surface area contributed by atoms with E-state index in [2.05, 4.69) is 0 Å². The molecular formula is C17H18ClF3N2O4S. The van der Waals surface area contributed by atoms with Gasteiger partial charge in [-0.25, -0.2) is 8.42 Å². The van der Waals surface area contributed by atoms with Gasteiger partial charge in [-0.1, -0.05) is 11.6 Å². The maximum Gasteiger partial charge on any atom is 0.417 e. The molecule has 11 heteroatoms. The molecule has 1 aromatic carbocycles. The molecule has 1 fully saturated rings. The first-order valence-electron chi connectivity index (χ1n) is 8.48. The fourth-order valence-corrected chi connectivity index (χ4v) is 4.53. The van der Waals surface area contributed by atoms with Crippen LogP contribution in [0.1, 0.15) is 31.2 Å². The number of alkyl halides is 3. The minimum Gasteiger partial charge on any atom is -0.465 e. The Morgan fingerprint density at radius 3 is 2.54 bits per heavy atom. The van der Waals surface area contributed by atoms with Gasteiger partial charge < -0.3 is 4.74 Å². The SMILES string of the molecule is N#CCCCOC(=O)C1CCN(S(=O)(=O)c2ccc(Cl)c(C(F)(F)F)c2)CC1. The Hall–Kier alpha value is -1.83. The summed E-state index contributed by atoms with van der Waals surface area (Å²) in [6.07, 6.45) is -3.67. The molecule has 0 aliphatic carbocycles. The molecule has 0 spiro atoms. The van der Waals surface area contributed by atoms with E-state index in [0.717, 1.165) is 16.4 Å². The van der Waals surface area contributed by atoms with Crippen molar-refractivity contribution >= 4 is 27.6 Å². The molecule has 0 amide bonds. The zero-order valence-corrected chi connectivity index (χ0v) is 16.3. The van der Waals surface area contributed by atoms with Crippen molar-refractivity contribution in [2.24, 2.45) is 5.92 Å². The molecule has 0 saturated carbocycles. The van der Waals surface area contributed by atoms with E-state index < -0.39 is 43.6 Å². The largest absolute Gasteiger partial charge is 0.465 e. The van der Waals surface area contributed by atoms with Gasteiger partial charge in [-0.3, -0.25) is 4.79 Å². The third-order valence-electron chi connectivity index (χ3n) is 4.35. The minimum absolute atomic E-state index is 0.00965. The highest BCUT2D eigenvalue weighted by Crippen LogP contribution is 2.36. The van der Waals surface area contributed by atoms with Crippen molar-refractivity contribution in [2.75, 3.05) is 19.7 Å². The van der Waals surface area contributed by atoms with Gasteiger partial charge in [-0.15, -0.1) is 0 Å². The molecule has 2 rings (SSSR count). The number of hydrogen-bond acceptors (Lipinski definition) is 5. The van der Waals surface area contributed by atoms with Crippen molar-refractivity contribution in [3.8, 4) is 6.07 Å². The summed E-state index contributed by atoms with van der Waals surface area (Å²) < 4.78 is 70.4. The van der Waals surface area contributed by atoms with Crippen LogP contribution in [0.2, 0.25) is 5.02 Å². The van der Waals surface area contributed by atoms with Crippen LogP contribution < -0.4 is 0 Å². The van der Waals surface area contributed by atoms with Gasteiger partial charge in [0.05, 0.1) is 34.1 Å². The highest BCUT2D eigenvalue weighted by Gasteiger charge is 2.37. The lowest BCUT2D eigenvalue weighted by atomic mass is 9.98. The van der Waals surface area contributed by atoms with Crippen LogP contribution in [0.25, 0.3) is 0 Å². The standard InChI is InChI=1S/C17H18ClF3N2O4S/c18-15-4-3-13(11-14(15)17(19,20)21)28(25,26)23-8-5-12(6-9-23)16(24)27-10-2-1-7-22/h3-4,11-12H,1-2,5-6,8-10H2. The molecule has 1 heterocycles. The molecule has 0 bridgehead atoms. The summed E-state index contributed by atoms with van der Waals surface area (Å²) in [6, 6.07) is 4.39. The third-order valence-corrected chi connectivity index (χ3v) is 6.57. The zero-order chi connectivity index (χ0) is 20.9.